The van der Waals surface area contributed by atoms with E-state index in [1.165, 1.54) is 6.07 Å². The summed E-state index contributed by atoms with van der Waals surface area (Å²) in [5, 5.41) is 5.66. The van der Waals surface area contributed by atoms with E-state index in [1.807, 2.05) is 0 Å². The largest absolute Gasteiger partial charge is 0.353 e. The fourth-order valence-electron chi connectivity index (χ4n) is 2.81. The van der Waals surface area contributed by atoms with Gasteiger partial charge in [-0.15, -0.1) is 0 Å². The lowest BCUT2D eigenvalue weighted by molar-refractivity contribution is -0.124. The number of halogens is 1. The third-order valence-electron chi connectivity index (χ3n) is 4.17. The van der Waals surface area contributed by atoms with Crippen LogP contribution in [0.5, 0.6) is 0 Å². The molecule has 1 atom stereocenters. The molecule has 0 spiro atoms. The van der Waals surface area contributed by atoms with Crippen LogP contribution in [0.25, 0.3) is 0 Å². The van der Waals surface area contributed by atoms with Gasteiger partial charge in [-0.05, 0) is 25.3 Å². The molecule has 1 heterocycles. The molecular weight excluding hydrogens is 259 g/mol. The molecule has 1 saturated carbocycles. The van der Waals surface area contributed by atoms with Crippen LogP contribution in [0.15, 0.2) is 24.3 Å². The highest BCUT2D eigenvalue weighted by Crippen LogP contribution is 2.49. The molecule has 20 heavy (non-hydrogen) atoms. The normalized spacial score (nSPS) is 23.2. The Morgan fingerprint density at radius 2 is 2.15 bits per heavy atom. The molecule has 0 aromatic heterocycles. The summed E-state index contributed by atoms with van der Waals surface area (Å²) in [6.07, 6.45) is 2.61. The standard InChI is InChI=1S/C15H17FN2O2/c16-12-4-2-1-3-11(12)15(7-8-15)14(20)17-9-10-5-6-13(19)18-10/h1-4,10H,5-9H2,(H,17,20)(H,18,19). The summed E-state index contributed by atoms with van der Waals surface area (Å²) in [5.74, 6) is -0.433. The van der Waals surface area contributed by atoms with Gasteiger partial charge in [-0.3, -0.25) is 9.59 Å². The lowest BCUT2D eigenvalue weighted by atomic mass is 9.94. The minimum absolute atomic E-state index is 0.00266. The fraction of sp³-hybridized carbons (Fsp3) is 0.467. The predicted octanol–water partition coefficient (Wildman–Crippen LogP) is 1.25. The smallest absolute Gasteiger partial charge is 0.230 e. The van der Waals surface area contributed by atoms with E-state index in [0.29, 0.717) is 31.4 Å². The first-order chi connectivity index (χ1) is 9.62. The number of rotatable bonds is 4. The molecular formula is C15H17FN2O2. The Balaban J connectivity index is 1.65. The average Bonchev–Trinajstić information content (AvgIpc) is 3.14. The first-order valence-electron chi connectivity index (χ1n) is 6.94. The van der Waals surface area contributed by atoms with Gasteiger partial charge in [0, 0.05) is 24.6 Å². The van der Waals surface area contributed by atoms with E-state index in [1.54, 1.807) is 18.2 Å². The molecule has 1 saturated heterocycles. The fourth-order valence-corrected chi connectivity index (χ4v) is 2.81. The summed E-state index contributed by atoms with van der Waals surface area (Å²) in [7, 11) is 0. The van der Waals surface area contributed by atoms with Crippen LogP contribution in [-0.4, -0.2) is 24.4 Å². The summed E-state index contributed by atoms with van der Waals surface area (Å²) in [5.41, 5.74) is -0.221. The highest BCUT2D eigenvalue weighted by Gasteiger charge is 2.52. The van der Waals surface area contributed by atoms with Crippen molar-refractivity contribution < 1.29 is 14.0 Å². The summed E-state index contributed by atoms with van der Waals surface area (Å²) in [4.78, 5) is 23.4. The monoisotopic (exact) mass is 276 g/mol. The van der Waals surface area contributed by atoms with E-state index < -0.39 is 5.41 Å². The van der Waals surface area contributed by atoms with Crippen molar-refractivity contribution in [1.29, 1.82) is 0 Å². The maximum atomic E-state index is 13.8. The molecule has 2 amide bonds. The molecule has 1 aliphatic heterocycles. The van der Waals surface area contributed by atoms with Gasteiger partial charge < -0.3 is 10.6 Å². The first-order valence-corrected chi connectivity index (χ1v) is 6.94. The van der Waals surface area contributed by atoms with Gasteiger partial charge in [0.15, 0.2) is 0 Å². The van der Waals surface area contributed by atoms with Crippen LogP contribution in [-0.2, 0) is 15.0 Å². The molecule has 2 fully saturated rings. The maximum Gasteiger partial charge on any atom is 0.230 e. The zero-order valence-electron chi connectivity index (χ0n) is 11.1. The van der Waals surface area contributed by atoms with Crippen LogP contribution in [0.3, 0.4) is 0 Å². The lowest BCUT2D eigenvalue weighted by Gasteiger charge is -2.18. The highest BCUT2D eigenvalue weighted by atomic mass is 19.1. The van der Waals surface area contributed by atoms with Crippen molar-refractivity contribution in [2.45, 2.75) is 37.1 Å². The van der Waals surface area contributed by atoms with Gasteiger partial charge in [0.1, 0.15) is 5.82 Å². The Hall–Kier alpha value is -1.91. The van der Waals surface area contributed by atoms with E-state index in [0.717, 1.165) is 6.42 Å². The van der Waals surface area contributed by atoms with Gasteiger partial charge in [-0.1, -0.05) is 18.2 Å². The number of hydrogen-bond donors (Lipinski definition) is 2. The number of carbonyl (C=O) groups is 2. The number of carbonyl (C=O) groups excluding carboxylic acids is 2. The van der Waals surface area contributed by atoms with Crippen molar-refractivity contribution in [2.24, 2.45) is 0 Å². The maximum absolute atomic E-state index is 13.8. The Kier molecular flexibility index (Phi) is 3.20. The molecule has 0 bridgehead atoms. The minimum Gasteiger partial charge on any atom is -0.353 e. The summed E-state index contributed by atoms with van der Waals surface area (Å²) >= 11 is 0. The highest BCUT2D eigenvalue weighted by molar-refractivity contribution is 5.91. The van der Waals surface area contributed by atoms with Crippen LogP contribution >= 0.6 is 0 Å². The molecule has 0 radical (unpaired) electrons. The van der Waals surface area contributed by atoms with Crippen molar-refractivity contribution in [3.63, 3.8) is 0 Å². The van der Waals surface area contributed by atoms with Crippen LogP contribution < -0.4 is 10.6 Å². The van der Waals surface area contributed by atoms with E-state index in [4.69, 9.17) is 0 Å². The van der Waals surface area contributed by atoms with Crippen molar-refractivity contribution in [3.8, 4) is 0 Å². The Morgan fingerprint density at radius 1 is 1.40 bits per heavy atom. The lowest BCUT2D eigenvalue weighted by Crippen LogP contribution is -2.42. The summed E-state index contributed by atoms with van der Waals surface area (Å²) in [6.45, 7) is 0.417. The zero-order valence-corrected chi connectivity index (χ0v) is 11.1. The second-order valence-corrected chi connectivity index (χ2v) is 5.58. The molecule has 106 valence electrons. The molecule has 4 nitrogen and oxygen atoms in total. The van der Waals surface area contributed by atoms with E-state index in [2.05, 4.69) is 10.6 Å². The molecule has 2 N–H and O–H groups in total. The third-order valence-corrected chi connectivity index (χ3v) is 4.17. The van der Waals surface area contributed by atoms with Crippen LogP contribution in [0.2, 0.25) is 0 Å². The number of benzene rings is 1. The van der Waals surface area contributed by atoms with E-state index in [-0.39, 0.29) is 23.7 Å². The molecule has 1 unspecified atom stereocenters. The van der Waals surface area contributed by atoms with Gasteiger partial charge in [0.2, 0.25) is 11.8 Å². The second kappa shape index (κ2) is 4.89. The SMILES string of the molecule is O=C1CCC(CNC(=O)C2(c3ccccc3F)CC2)N1. The van der Waals surface area contributed by atoms with Crippen molar-refractivity contribution in [3.05, 3.63) is 35.6 Å². The topological polar surface area (TPSA) is 58.2 Å². The molecule has 2 aliphatic rings. The zero-order chi connectivity index (χ0) is 14.2. The Bertz CT molecular complexity index is 555. The molecule has 1 aromatic carbocycles. The van der Waals surface area contributed by atoms with Crippen molar-refractivity contribution in [1.82, 2.24) is 10.6 Å². The Morgan fingerprint density at radius 3 is 2.75 bits per heavy atom. The van der Waals surface area contributed by atoms with E-state index in [9.17, 15) is 14.0 Å². The summed E-state index contributed by atoms with van der Waals surface area (Å²) < 4.78 is 13.8. The quantitative estimate of drug-likeness (QED) is 0.869. The van der Waals surface area contributed by atoms with Gasteiger partial charge in [-0.25, -0.2) is 4.39 Å². The van der Waals surface area contributed by atoms with Gasteiger partial charge in [-0.2, -0.15) is 0 Å². The Labute approximate surface area is 116 Å². The summed E-state index contributed by atoms with van der Waals surface area (Å²) in [6, 6.07) is 6.45. The van der Waals surface area contributed by atoms with Gasteiger partial charge >= 0.3 is 0 Å². The number of amides is 2. The molecule has 1 aliphatic carbocycles. The average molecular weight is 276 g/mol. The van der Waals surface area contributed by atoms with E-state index >= 15 is 0 Å². The van der Waals surface area contributed by atoms with Gasteiger partial charge in [0.05, 0.1) is 5.41 Å². The van der Waals surface area contributed by atoms with Crippen LogP contribution in [0, 0.1) is 5.82 Å². The molecule has 1 aromatic rings. The van der Waals surface area contributed by atoms with Crippen molar-refractivity contribution >= 4 is 11.8 Å². The van der Waals surface area contributed by atoms with Crippen LogP contribution in [0.4, 0.5) is 4.39 Å². The van der Waals surface area contributed by atoms with Crippen LogP contribution in [0.1, 0.15) is 31.2 Å². The third kappa shape index (κ3) is 2.28. The second-order valence-electron chi connectivity index (χ2n) is 5.58. The molecule has 5 heteroatoms. The van der Waals surface area contributed by atoms with Gasteiger partial charge in [0.25, 0.3) is 0 Å². The predicted molar refractivity (Wildman–Crippen MR) is 71.5 cm³/mol. The first kappa shape index (κ1) is 13.1. The molecule has 3 rings (SSSR count). The van der Waals surface area contributed by atoms with Crippen molar-refractivity contribution in [2.75, 3.05) is 6.54 Å². The number of hydrogen-bond acceptors (Lipinski definition) is 2. The number of nitrogens with one attached hydrogen (secondary N) is 2. The minimum atomic E-state index is -0.700.